The van der Waals surface area contributed by atoms with Gasteiger partial charge in [-0.2, -0.15) is 10.5 Å². The molecule has 0 saturated heterocycles. The van der Waals surface area contributed by atoms with Crippen LogP contribution in [0.25, 0.3) is 6.08 Å². The Morgan fingerprint density at radius 3 is 2.61 bits per heavy atom. The highest BCUT2D eigenvalue weighted by molar-refractivity contribution is 7.95. The van der Waals surface area contributed by atoms with E-state index in [-0.39, 0.29) is 9.88 Å². The Kier molecular flexibility index (Phi) is 4.15. The highest BCUT2D eigenvalue weighted by Gasteiger charge is 2.18. The maximum Gasteiger partial charge on any atom is 0.324 e. The number of allylic oxidation sites excluding steroid dienone is 1. The van der Waals surface area contributed by atoms with Crippen molar-refractivity contribution in [3.05, 3.63) is 32.0 Å². The second-order valence-corrected chi connectivity index (χ2v) is 6.02. The topological polar surface area (TPSA) is 125 Å². The normalized spacial score (nSPS) is 11.6. The molecule has 0 bridgehead atoms. The van der Waals surface area contributed by atoms with Crippen molar-refractivity contribution in [3.63, 3.8) is 0 Å². The van der Waals surface area contributed by atoms with Gasteiger partial charge in [-0.05, 0) is 12.1 Å². The Labute approximate surface area is 106 Å². The molecule has 18 heavy (non-hydrogen) atoms. The van der Waals surface area contributed by atoms with Crippen LogP contribution in [0.15, 0.2) is 17.0 Å². The fourth-order valence-corrected chi connectivity index (χ4v) is 2.61. The molecule has 1 aromatic rings. The summed E-state index contributed by atoms with van der Waals surface area (Å²) < 4.78 is 22.9. The summed E-state index contributed by atoms with van der Waals surface area (Å²) in [7, 11) is -3.96. The monoisotopic (exact) mass is 283 g/mol. The summed E-state index contributed by atoms with van der Waals surface area (Å²) in [6.07, 6.45) is 1.02. The SMILES string of the molecule is N#CCS(=O)(=O)C(C#N)=Cc1ccc([N+](=O)[O-])s1. The summed E-state index contributed by atoms with van der Waals surface area (Å²) in [6.45, 7) is 0. The highest BCUT2D eigenvalue weighted by atomic mass is 32.2. The summed E-state index contributed by atoms with van der Waals surface area (Å²) in [5, 5.41) is 27.3. The Hall–Kier alpha value is -2.23. The van der Waals surface area contributed by atoms with Crippen LogP contribution in [-0.2, 0) is 9.84 Å². The molecular weight excluding hydrogens is 278 g/mol. The lowest BCUT2D eigenvalue weighted by molar-refractivity contribution is -0.380. The number of nitriles is 2. The zero-order valence-electron chi connectivity index (χ0n) is 8.73. The molecule has 1 aromatic heterocycles. The molecule has 0 aromatic carbocycles. The van der Waals surface area contributed by atoms with E-state index in [9.17, 15) is 18.5 Å². The highest BCUT2D eigenvalue weighted by Crippen LogP contribution is 2.26. The second-order valence-electron chi connectivity index (χ2n) is 2.97. The third-order valence-electron chi connectivity index (χ3n) is 1.77. The van der Waals surface area contributed by atoms with Gasteiger partial charge in [-0.25, -0.2) is 8.42 Å². The van der Waals surface area contributed by atoms with Crippen LogP contribution in [0.2, 0.25) is 0 Å². The third kappa shape index (κ3) is 3.13. The fourth-order valence-electron chi connectivity index (χ4n) is 1.00. The standard InChI is InChI=1S/C9H5N3O4S2/c10-3-4-18(15,16)8(6-11)5-7-1-2-9(17-7)12(13)14/h1-2,5H,4H2. The minimum atomic E-state index is -3.96. The molecule has 92 valence electrons. The number of sulfone groups is 1. The smallest absolute Gasteiger partial charge is 0.258 e. The minimum absolute atomic E-state index is 0.156. The Morgan fingerprint density at radius 1 is 1.50 bits per heavy atom. The molecule has 7 nitrogen and oxygen atoms in total. The van der Waals surface area contributed by atoms with Crippen molar-refractivity contribution in [3.8, 4) is 12.1 Å². The van der Waals surface area contributed by atoms with E-state index < -0.39 is 25.4 Å². The summed E-state index contributed by atoms with van der Waals surface area (Å²) in [4.78, 5) is 9.51. The number of thiophene rings is 1. The molecule has 0 aliphatic carbocycles. The molecule has 0 spiro atoms. The molecule has 0 radical (unpaired) electrons. The Bertz CT molecular complexity index is 688. The maximum absolute atomic E-state index is 11.5. The maximum atomic E-state index is 11.5. The van der Waals surface area contributed by atoms with Crippen LogP contribution in [0, 0.1) is 32.8 Å². The average molecular weight is 283 g/mol. The molecule has 0 saturated carbocycles. The van der Waals surface area contributed by atoms with Crippen molar-refractivity contribution in [2.24, 2.45) is 0 Å². The van der Waals surface area contributed by atoms with Crippen LogP contribution in [0.3, 0.4) is 0 Å². The van der Waals surface area contributed by atoms with Gasteiger partial charge in [0.25, 0.3) is 0 Å². The number of hydrogen-bond acceptors (Lipinski definition) is 7. The molecule has 1 heterocycles. The van der Waals surface area contributed by atoms with E-state index in [0.717, 1.165) is 17.4 Å². The van der Waals surface area contributed by atoms with Crippen molar-refractivity contribution < 1.29 is 13.3 Å². The van der Waals surface area contributed by atoms with Gasteiger partial charge in [-0.15, -0.1) is 0 Å². The van der Waals surface area contributed by atoms with Gasteiger partial charge in [0.05, 0.1) is 11.0 Å². The predicted molar refractivity (Wildman–Crippen MR) is 64.0 cm³/mol. The lowest BCUT2D eigenvalue weighted by Crippen LogP contribution is -2.06. The molecule has 0 atom stereocenters. The number of nitro groups is 1. The van der Waals surface area contributed by atoms with Gasteiger partial charge in [-0.1, -0.05) is 11.3 Å². The summed E-state index contributed by atoms with van der Waals surface area (Å²) in [6, 6.07) is 5.47. The quantitative estimate of drug-likeness (QED) is 0.468. The van der Waals surface area contributed by atoms with E-state index in [0.29, 0.717) is 0 Å². The molecule has 0 N–H and O–H groups in total. The van der Waals surface area contributed by atoms with Crippen LogP contribution in [0.1, 0.15) is 4.88 Å². The van der Waals surface area contributed by atoms with Gasteiger partial charge >= 0.3 is 5.00 Å². The molecule has 0 aliphatic heterocycles. The van der Waals surface area contributed by atoms with Gasteiger partial charge in [-0.3, -0.25) is 10.1 Å². The van der Waals surface area contributed by atoms with Gasteiger partial charge in [0.1, 0.15) is 16.7 Å². The summed E-state index contributed by atoms with van der Waals surface area (Å²) in [5.74, 6) is -0.806. The Balaban J connectivity index is 3.18. The molecular formula is C9H5N3O4S2. The van der Waals surface area contributed by atoms with Crippen LogP contribution >= 0.6 is 11.3 Å². The summed E-state index contributed by atoms with van der Waals surface area (Å²) in [5.41, 5.74) is 0. The van der Waals surface area contributed by atoms with Gasteiger partial charge in [0.2, 0.25) is 9.84 Å². The van der Waals surface area contributed by atoms with E-state index in [1.54, 1.807) is 0 Å². The van der Waals surface area contributed by atoms with Crippen LogP contribution < -0.4 is 0 Å². The zero-order chi connectivity index (χ0) is 13.8. The van der Waals surface area contributed by atoms with Gasteiger partial charge < -0.3 is 0 Å². The zero-order valence-corrected chi connectivity index (χ0v) is 10.4. The number of hydrogen-bond donors (Lipinski definition) is 0. The van der Waals surface area contributed by atoms with E-state index >= 15 is 0 Å². The summed E-state index contributed by atoms with van der Waals surface area (Å²) >= 11 is 0.745. The largest absolute Gasteiger partial charge is 0.324 e. The third-order valence-corrected chi connectivity index (χ3v) is 4.14. The van der Waals surface area contributed by atoms with Crippen LogP contribution in [0.4, 0.5) is 5.00 Å². The first-order valence-electron chi connectivity index (χ1n) is 4.36. The second kappa shape index (κ2) is 5.40. The van der Waals surface area contributed by atoms with E-state index in [1.165, 1.54) is 24.3 Å². The van der Waals surface area contributed by atoms with Crippen molar-refractivity contribution >= 4 is 32.3 Å². The first-order chi connectivity index (χ1) is 8.40. The van der Waals surface area contributed by atoms with E-state index in [2.05, 4.69) is 0 Å². The van der Waals surface area contributed by atoms with E-state index in [1.807, 2.05) is 0 Å². The average Bonchev–Trinajstić information content (AvgIpc) is 2.74. The lowest BCUT2D eigenvalue weighted by atomic mass is 10.4. The molecule has 9 heteroatoms. The molecule has 0 aliphatic rings. The van der Waals surface area contributed by atoms with Crippen LogP contribution in [-0.4, -0.2) is 19.1 Å². The van der Waals surface area contributed by atoms with Gasteiger partial charge in [0.15, 0.2) is 0 Å². The number of rotatable bonds is 4. The van der Waals surface area contributed by atoms with Crippen molar-refractivity contribution in [2.75, 3.05) is 5.75 Å². The van der Waals surface area contributed by atoms with Gasteiger partial charge in [0, 0.05) is 10.9 Å². The lowest BCUT2D eigenvalue weighted by Gasteiger charge is -1.94. The first-order valence-corrected chi connectivity index (χ1v) is 6.83. The van der Waals surface area contributed by atoms with Crippen molar-refractivity contribution in [2.45, 2.75) is 0 Å². The first kappa shape index (κ1) is 13.8. The molecule has 0 amide bonds. The fraction of sp³-hybridized carbons (Fsp3) is 0.111. The van der Waals surface area contributed by atoms with Crippen molar-refractivity contribution in [1.29, 1.82) is 10.5 Å². The predicted octanol–water partition coefficient (Wildman–Crippen LogP) is 1.46. The molecule has 0 fully saturated rings. The molecule has 1 rings (SSSR count). The Morgan fingerprint density at radius 2 is 2.17 bits per heavy atom. The minimum Gasteiger partial charge on any atom is -0.258 e. The van der Waals surface area contributed by atoms with Crippen LogP contribution in [0.5, 0.6) is 0 Å². The van der Waals surface area contributed by atoms with E-state index in [4.69, 9.17) is 10.5 Å². The molecule has 0 unspecified atom stereocenters. The van der Waals surface area contributed by atoms with Crippen molar-refractivity contribution in [1.82, 2.24) is 0 Å². The number of nitrogens with zero attached hydrogens (tertiary/aromatic N) is 3.